The van der Waals surface area contributed by atoms with Gasteiger partial charge in [0, 0.05) is 34.6 Å². The number of aromatic nitrogens is 4. The minimum Gasteiger partial charge on any atom is -0.299 e. The summed E-state index contributed by atoms with van der Waals surface area (Å²) in [7, 11) is 0. The van der Waals surface area contributed by atoms with E-state index >= 15 is 0 Å². The Morgan fingerprint density at radius 1 is 0.619 bits per heavy atom. The molecule has 0 bridgehead atoms. The van der Waals surface area contributed by atoms with Gasteiger partial charge in [0.1, 0.15) is 5.82 Å². The van der Waals surface area contributed by atoms with E-state index in [-0.39, 0.29) is 5.41 Å². The zero-order valence-electron chi connectivity index (χ0n) is 26.6. The molecule has 0 radical (unpaired) electrons. The van der Waals surface area contributed by atoms with Crippen LogP contribution in [-0.2, 0) is 5.41 Å². The minimum absolute atomic E-state index is 0.0679. The molecule has 42 heavy (non-hydrogen) atoms. The zero-order valence-corrected chi connectivity index (χ0v) is 26.6. The van der Waals surface area contributed by atoms with Gasteiger partial charge in [-0.25, -0.2) is 15.0 Å². The van der Waals surface area contributed by atoms with Crippen LogP contribution in [0.25, 0.3) is 39.6 Å². The fourth-order valence-corrected chi connectivity index (χ4v) is 5.41. The molecule has 2 heterocycles. The van der Waals surface area contributed by atoms with Crippen LogP contribution in [0.3, 0.4) is 0 Å². The van der Waals surface area contributed by atoms with E-state index in [0.29, 0.717) is 17.8 Å². The summed E-state index contributed by atoms with van der Waals surface area (Å²) in [6.07, 6.45) is 4.01. The number of imidazole rings is 1. The molecule has 5 rings (SSSR count). The molecule has 3 aromatic carbocycles. The van der Waals surface area contributed by atoms with Gasteiger partial charge in [-0.3, -0.25) is 4.57 Å². The number of benzene rings is 3. The van der Waals surface area contributed by atoms with Crippen molar-refractivity contribution in [2.24, 2.45) is 0 Å². The van der Waals surface area contributed by atoms with Gasteiger partial charge in [-0.1, -0.05) is 111 Å². The predicted molar refractivity (Wildman–Crippen MR) is 176 cm³/mol. The largest absolute Gasteiger partial charge is 0.299 e. The third-order valence-corrected chi connectivity index (χ3v) is 7.89. The molecule has 0 fully saturated rings. The molecule has 0 atom stereocenters. The van der Waals surface area contributed by atoms with Gasteiger partial charge in [0.2, 0.25) is 0 Å². The Kier molecular flexibility index (Phi) is 8.19. The molecule has 0 unspecified atom stereocenters. The highest BCUT2D eigenvalue weighted by Crippen LogP contribution is 2.38. The summed E-state index contributed by atoms with van der Waals surface area (Å²) in [5.74, 6) is 2.68. The van der Waals surface area contributed by atoms with Crippen molar-refractivity contribution in [3.05, 3.63) is 108 Å². The average molecular weight is 557 g/mol. The van der Waals surface area contributed by atoms with Gasteiger partial charge in [-0.2, -0.15) is 0 Å². The van der Waals surface area contributed by atoms with E-state index in [1.165, 1.54) is 27.9 Å². The molecule has 4 heteroatoms. The maximum absolute atomic E-state index is 5.04. The van der Waals surface area contributed by atoms with E-state index in [1.807, 2.05) is 6.20 Å². The van der Waals surface area contributed by atoms with Crippen molar-refractivity contribution in [3.63, 3.8) is 0 Å². The maximum atomic E-state index is 5.04. The Hall–Kier alpha value is -4.05. The Morgan fingerprint density at radius 2 is 1.24 bits per heavy atom. The molecule has 0 aliphatic carbocycles. The van der Waals surface area contributed by atoms with Crippen LogP contribution in [-0.4, -0.2) is 19.5 Å². The van der Waals surface area contributed by atoms with Gasteiger partial charge in [-0.15, -0.1) is 0 Å². The molecule has 0 saturated heterocycles. The maximum Gasteiger partial charge on any atom is 0.159 e. The first-order valence-electron chi connectivity index (χ1n) is 15.2. The Labute approximate surface area is 251 Å². The second-order valence-electron chi connectivity index (χ2n) is 13.3. The smallest absolute Gasteiger partial charge is 0.159 e. The van der Waals surface area contributed by atoms with Crippen molar-refractivity contribution < 1.29 is 0 Å². The van der Waals surface area contributed by atoms with Gasteiger partial charge in [0.15, 0.2) is 5.82 Å². The lowest BCUT2D eigenvalue weighted by atomic mass is 9.88. The fourth-order valence-electron chi connectivity index (χ4n) is 5.41. The summed E-state index contributed by atoms with van der Waals surface area (Å²) >= 11 is 0. The van der Waals surface area contributed by atoms with E-state index in [2.05, 4.69) is 146 Å². The standard InChI is InChI=1S/C38H44N4/c1-24(2)31-21-30(27-14-11-10-12-15-27)22-32(25(3)4)35(31)42-19-18-39-37(42)29-17-13-16-28(20-29)36-40-33(26(5)6)23-34(41-36)38(7,8)9/h10-26H,1-9H3. The van der Waals surface area contributed by atoms with Crippen LogP contribution in [0, 0.1) is 0 Å². The van der Waals surface area contributed by atoms with Gasteiger partial charge in [-0.05, 0) is 64.3 Å². The molecular weight excluding hydrogens is 512 g/mol. The van der Waals surface area contributed by atoms with Crippen molar-refractivity contribution in [2.75, 3.05) is 0 Å². The molecule has 0 aliphatic heterocycles. The number of hydrogen-bond donors (Lipinski definition) is 0. The van der Waals surface area contributed by atoms with E-state index in [0.717, 1.165) is 34.2 Å². The quantitative estimate of drug-likeness (QED) is 0.200. The molecule has 0 saturated carbocycles. The molecule has 0 aliphatic rings. The van der Waals surface area contributed by atoms with Crippen molar-refractivity contribution in [1.82, 2.24) is 19.5 Å². The van der Waals surface area contributed by atoms with Crippen LogP contribution >= 0.6 is 0 Å². The summed E-state index contributed by atoms with van der Waals surface area (Å²) in [5.41, 5.74) is 10.5. The number of hydrogen-bond acceptors (Lipinski definition) is 3. The lowest BCUT2D eigenvalue weighted by molar-refractivity contribution is 0.564. The average Bonchev–Trinajstić information content (AvgIpc) is 3.46. The van der Waals surface area contributed by atoms with Crippen molar-refractivity contribution in [2.45, 2.75) is 85.5 Å². The van der Waals surface area contributed by atoms with Crippen LogP contribution in [0.4, 0.5) is 0 Å². The lowest BCUT2D eigenvalue weighted by Gasteiger charge is -2.24. The van der Waals surface area contributed by atoms with Gasteiger partial charge >= 0.3 is 0 Å². The van der Waals surface area contributed by atoms with Crippen molar-refractivity contribution in [3.8, 4) is 39.6 Å². The van der Waals surface area contributed by atoms with Crippen LogP contribution in [0.15, 0.2) is 85.2 Å². The van der Waals surface area contributed by atoms with Crippen molar-refractivity contribution >= 4 is 0 Å². The summed E-state index contributed by atoms with van der Waals surface area (Å²) in [6, 6.07) is 26.1. The molecule has 0 N–H and O–H groups in total. The molecular formula is C38H44N4. The molecule has 5 aromatic rings. The van der Waals surface area contributed by atoms with Gasteiger partial charge in [0.05, 0.1) is 11.4 Å². The number of nitrogens with zero attached hydrogens (tertiary/aromatic N) is 4. The van der Waals surface area contributed by atoms with E-state index in [4.69, 9.17) is 15.0 Å². The Morgan fingerprint density at radius 3 is 1.83 bits per heavy atom. The first kappa shape index (κ1) is 29.4. The molecule has 2 aromatic heterocycles. The van der Waals surface area contributed by atoms with Crippen LogP contribution < -0.4 is 0 Å². The highest BCUT2D eigenvalue weighted by molar-refractivity contribution is 5.73. The monoisotopic (exact) mass is 556 g/mol. The third-order valence-electron chi connectivity index (χ3n) is 7.89. The SMILES string of the molecule is CC(C)c1cc(C(C)(C)C)nc(-c2cccc(-c3nccn3-c3c(C(C)C)cc(-c4ccccc4)cc3C(C)C)c2)n1. The van der Waals surface area contributed by atoms with Gasteiger partial charge < -0.3 is 0 Å². The molecule has 0 amide bonds. The Balaban J connectivity index is 1.67. The van der Waals surface area contributed by atoms with E-state index < -0.39 is 0 Å². The summed E-state index contributed by atoms with van der Waals surface area (Å²) in [6.45, 7) is 20.1. The van der Waals surface area contributed by atoms with Crippen LogP contribution in [0.5, 0.6) is 0 Å². The normalized spacial score (nSPS) is 12.1. The third kappa shape index (κ3) is 5.94. The molecule has 4 nitrogen and oxygen atoms in total. The number of rotatable bonds is 7. The first-order valence-corrected chi connectivity index (χ1v) is 15.2. The highest BCUT2D eigenvalue weighted by Gasteiger charge is 2.22. The van der Waals surface area contributed by atoms with Crippen molar-refractivity contribution in [1.29, 1.82) is 0 Å². The fraction of sp³-hybridized carbons (Fsp3) is 0.342. The molecule has 216 valence electrons. The van der Waals surface area contributed by atoms with Gasteiger partial charge in [0.25, 0.3) is 0 Å². The summed E-state index contributed by atoms with van der Waals surface area (Å²) in [5, 5.41) is 0. The second kappa shape index (κ2) is 11.7. The molecule has 0 spiro atoms. The van der Waals surface area contributed by atoms with Crippen LogP contribution in [0.1, 0.15) is 103 Å². The first-order chi connectivity index (χ1) is 19.9. The summed E-state index contributed by atoms with van der Waals surface area (Å²) < 4.78 is 2.28. The highest BCUT2D eigenvalue weighted by atomic mass is 15.1. The van der Waals surface area contributed by atoms with E-state index in [1.54, 1.807) is 0 Å². The summed E-state index contributed by atoms with van der Waals surface area (Å²) in [4.78, 5) is 14.9. The minimum atomic E-state index is -0.0679. The Bertz CT molecular complexity index is 1660. The van der Waals surface area contributed by atoms with E-state index in [9.17, 15) is 0 Å². The van der Waals surface area contributed by atoms with Crippen LogP contribution in [0.2, 0.25) is 0 Å². The second-order valence-corrected chi connectivity index (χ2v) is 13.3. The topological polar surface area (TPSA) is 43.6 Å². The lowest BCUT2D eigenvalue weighted by Crippen LogP contribution is -2.16. The zero-order chi connectivity index (χ0) is 30.2. The predicted octanol–water partition coefficient (Wildman–Crippen LogP) is 10.3.